The van der Waals surface area contributed by atoms with Crippen LogP contribution in [0.3, 0.4) is 0 Å². The van der Waals surface area contributed by atoms with Crippen LogP contribution in [0.4, 0.5) is 13.2 Å². The van der Waals surface area contributed by atoms with Crippen molar-refractivity contribution in [3.63, 3.8) is 0 Å². The summed E-state index contributed by atoms with van der Waals surface area (Å²) < 4.78 is 37.5. The fourth-order valence-corrected chi connectivity index (χ4v) is 1.82. The third-order valence-corrected chi connectivity index (χ3v) is 2.69. The molecular formula is C7H11F3N4S. The molecule has 0 aliphatic heterocycles. The zero-order chi connectivity index (χ0) is 11.5. The fraction of sp³-hybridized carbons (Fsp3) is 0.714. The number of hydrogen-bond acceptors (Lipinski definition) is 4. The normalized spacial score (nSPS) is 12.1. The highest BCUT2D eigenvalue weighted by Gasteiger charge is 2.28. The summed E-state index contributed by atoms with van der Waals surface area (Å²) in [5, 5.41) is 7.62. The van der Waals surface area contributed by atoms with Crippen LogP contribution in [-0.2, 0) is 13.1 Å². The van der Waals surface area contributed by atoms with E-state index >= 15 is 0 Å². The van der Waals surface area contributed by atoms with Gasteiger partial charge in [-0.3, -0.25) is 0 Å². The van der Waals surface area contributed by atoms with Gasteiger partial charge >= 0.3 is 6.18 Å². The highest BCUT2D eigenvalue weighted by molar-refractivity contribution is 7.99. The zero-order valence-corrected chi connectivity index (χ0v) is 8.90. The molecule has 86 valence electrons. The van der Waals surface area contributed by atoms with Gasteiger partial charge in [-0.25, -0.2) is 0 Å². The van der Waals surface area contributed by atoms with Crippen molar-refractivity contribution in [3.05, 3.63) is 5.82 Å². The van der Waals surface area contributed by atoms with Gasteiger partial charge in [0, 0.05) is 6.54 Å². The molecule has 0 aromatic carbocycles. The van der Waals surface area contributed by atoms with Gasteiger partial charge in [-0.1, -0.05) is 11.8 Å². The fourth-order valence-electron chi connectivity index (χ4n) is 1.04. The summed E-state index contributed by atoms with van der Waals surface area (Å²) in [6, 6.07) is 0. The first-order valence-corrected chi connectivity index (χ1v) is 5.28. The van der Waals surface area contributed by atoms with Crippen molar-refractivity contribution < 1.29 is 13.2 Å². The molecule has 0 saturated carbocycles. The molecule has 0 aliphatic carbocycles. The first-order valence-electron chi connectivity index (χ1n) is 4.29. The van der Waals surface area contributed by atoms with Crippen LogP contribution in [0.15, 0.2) is 5.16 Å². The molecule has 1 rings (SSSR count). The SMILES string of the molecule is CCn1c(CN)nnc1SCC(F)(F)F. The predicted octanol–water partition coefficient (Wildman–Crippen LogP) is 1.41. The smallest absolute Gasteiger partial charge is 0.324 e. The lowest BCUT2D eigenvalue weighted by molar-refractivity contribution is -0.105. The van der Waals surface area contributed by atoms with Crippen molar-refractivity contribution in [2.75, 3.05) is 5.75 Å². The third kappa shape index (κ3) is 3.38. The molecule has 2 N–H and O–H groups in total. The molecule has 15 heavy (non-hydrogen) atoms. The molecule has 1 aromatic rings. The van der Waals surface area contributed by atoms with Crippen molar-refractivity contribution in [2.24, 2.45) is 5.73 Å². The lowest BCUT2D eigenvalue weighted by Crippen LogP contribution is -2.12. The lowest BCUT2D eigenvalue weighted by Gasteiger charge is -2.07. The van der Waals surface area contributed by atoms with Crippen LogP contribution in [0.1, 0.15) is 12.7 Å². The number of alkyl halides is 3. The van der Waals surface area contributed by atoms with Gasteiger partial charge in [0.1, 0.15) is 5.82 Å². The van der Waals surface area contributed by atoms with Crippen molar-refractivity contribution >= 4 is 11.8 Å². The van der Waals surface area contributed by atoms with Gasteiger partial charge < -0.3 is 10.3 Å². The molecule has 0 unspecified atom stereocenters. The van der Waals surface area contributed by atoms with E-state index < -0.39 is 11.9 Å². The topological polar surface area (TPSA) is 56.7 Å². The van der Waals surface area contributed by atoms with E-state index in [0.717, 1.165) is 0 Å². The third-order valence-electron chi connectivity index (χ3n) is 1.66. The second kappa shape index (κ2) is 4.84. The van der Waals surface area contributed by atoms with E-state index in [1.165, 1.54) is 0 Å². The summed E-state index contributed by atoms with van der Waals surface area (Å²) in [4.78, 5) is 0. The molecule has 0 radical (unpaired) electrons. The average Bonchev–Trinajstić information content (AvgIpc) is 2.55. The summed E-state index contributed by atoms with van der Waals surface area (Å²) >= 11 is 0.624. The highest BCUT2D eigenvalue weighted by atomic mass is 32.2. The molecule has 0 bridgehead atoms. The largest absolute Gasteiger partial charge is 0.398 e. The first-order chi connectivity index (χ1) is 6.98. The van der Waals surface area contributed by atoms with Crippen LogP contribution >= 0.6 is 11.8 Å². The van der Waals surface area contributed by atoms with Gasteiger partial charge in [-0.15, -0.1) is 10.2 Å². The molecule has 0 spiro atoms. The molecule has 0 atom stereocenters. The van der Waals surface area contributed by atoms with E-state index in [2.05, 4.69) is 10.2 Å². The van der Waals surface area contributed by atoms with Crippen molar-refractivity contribution in [2.45, 2.75) is 31.3 Å². The Bertz CT molecular complexity index is 323. The van der Waals surface area contributed by atoms with Crippen LogP contribution in [0.25, 0.3) is 0 Å². The van der Waals surface area contributed by atoms with Gasteiger partial charge in [0.2, 0.25) is 0 Å². The Balaban J connectivity index is 2.73. The number of rotatable bonds is 4. The van der Waals surface area contributed by atoms with Crippen LogP contribution < -0.4 is 5.73 Å². The minimum atomic E-state index is -4.20. The Morgan fingerprint density at radius 1 is 1.40 bits per heavy atom. The molecule has 0 amide bonds. The van der Waals surface area contributed by atoms with Crippen LogP contribution in [0, 0.1) is 0 Å². The van der Waals surface area contributed by atoms with E-state index in [1.807, 2.05) is 0 Å². The van der Waals surface area contributed by atoms with E-state index in [-0.39, 0.29) is 11.7 Å². The maximum Gasteiger partial charge on any atom is 0.398 e. The Morgan fingerprint density at radius 2 is 2.07 bits per heavy atom. The summed E-state index contributed by atoms with van der Waals surface area (Å²) in [6.45, 7) is 2.49. The first kappa shape index (κ1) is 12.3. The number of halogens is 3. The summed E-state index contributed by atoms with van der Waals surface area (Å²) in [7, 11) is 0. The van der Waals surface area contributed by atoms with E-state index in [1.54, 1.807) is 11.5 Å². The molecule has 0 fully saturated rings. The molecule has 4 nitrogen and oxygen atoms in total. The molecule has 8 heteroatoms. The molecular weight excluding hydrogens is 229 g/mol. The van der Waals surface area contributed by atoms with Crippen molar-refractivity contribution in [1.82, 2.24) is 14.8 Å². The maximum atomic E-state index is 12.0. The standard InChI is InChI=1S/C7H11F3N4S/c1-2-14-5(3-11)12-13-6(14)15-4-7(8,9)10/h2-4,11H2,1H3. The zero-order valence-electron chi connectivity index (χ0n) is 8.08. The minimum absolute atomic E-state index is 0.174. The minimum Gasteiger partial charge on any atom is -0.324 e. The second-order valence-electron chi connectivity index (χ2n) is 2.75. The molecule has 0 saturated heterocycles. The lowest BCUT2D eigenvalue weighted by atomic mass is 10.6. The Morgan fingerprint density at radius 3 is 2.53 bits per heavy atom. The Kier molecular flexibility index (Phi) is 3.97. The molecule has 0 aliphatic rings. The number of aromatic nitrogens is 3. The van der Waals surface area contributed by atoms with Crippen LogP contribution in [-0.4, -0.2) is 26.7 Å². The van der Waals surface area contributed by atoms with Gasteiger partial charge in [0.15, 0.2) is 5.16 Å². The summed E-state index contributed by atoms with van der Waals surface area (Å²) in [6.07, 6.45) is -4.20. The van der Waals surface area contributed by atoms with Gasteiger partial charge in [-0.05, 0) is 6.92 Å². The van der Waals surface area contributed by atoms with Crippen molar-refractivity contribution in [3.8, 4) is 0 Å². The summed E-state index contributed by atoms with van der Waals surface area (Å²) in [5.74, 6) is -0.461. The Labute approximate surface area is 89.0 Å². The predicted molar refractivity (Wildman–Crippen MR) is 50.4 cm³/mol. The van der Waals surface area contributed by atoms with Gasteiger partial charge in [-0.2, -0.15) is 13.2 Å². The number of thioether (sulfide) groups is 1. The van der Waals surface area contributed by atoms with Gasteiger partial charge in [0.05, 0.1) is 12.3 Å². The van der Waals surface area contributed by atoms with E-state index in [9.17, 15) is 13.2 Å². The van der Waals surface area contributed by atoms with Crippen LogP contribution in [0.5, 0.6) is 0 Å². The quantitative estimate of drug-likeness (QED) is 0.808. The summed E-state index contributed by atoms with van der Waals surface area (Å²) in [5.41, 5.74) is 5.37. The highest BCUT2D eigenvalue weighted by Crippen LogP contribution is 2.26. The maximum absolute atomic E-state index is 12.0. The molecule has 1 heterocycles. The number of hydrogen-bond donors (Lipinski definition) is 1. The number of nitrogens with two attached hydrogens (primary N) is 1. The van der Waals surface area contributed by atoms with E-state index in [0.29, 0.717) is 24.1 Å². The Hall–Kier alpha value is -0.760. The molecule has 1 aromatic heterocycles. The number of nitrogens with zero attached hydrogens (tertiary/aromatic N) is 3. The second-order valence-corrected chi connectivity index (χ2v) is 3.69. The monoisotopic (exact) mass is 240 g/mol. The van der Waals surface area contributed by atoms with Crippen molar-refractivity contribution in [1.29, 1.82) is 0 Å². The average molecular weight is 240 g/mol. The van der Waals surface area contributed by atoms with E-state index in [4.69, 9.17) is 5.73 Å². The van der Waals surface area contributed by atoms with Gasteiger partial charge in [0.25, 0.3) is 0 Å². The van der Waals surface area contributed by atoms with Crippen LogP contribution in [0.2, 0.25) is 0 Å².